The van der Waals surface area contributed by atoms with E-state index in [9.17, 15) is 4.79 Å². The lowest BCUT2D eigenvalue weighted by Gasteiger charge is -2.01. The maximum atomic E-state index is 10.7. The van der Waals surface area contributed by atoms with E-state index in [0.29, 0.717) is 0 Å². The molecule has 0 aliphatic rings. The van der Waals surface area contributed by atoms with Crippen LogP contribution in [0.15, 0.2) is 30.3 Å². The molecule has 0 aliphatic heterocycles. The Morgan fingerprint density at radius 2 is 1.91 bits per heavy atom. The average molecular weight is 168 g/mol. The van der Waals surface area contributed by atoms with Gasteiger partial charge >= 0.3 is 6.03 Å². The molecule has 1 aromatic rings. The van der Waals surface area contributed by atoms with Gasteiger partial charge in [-0.2, -0.15) is 0 Å². The zero-order valence-corrected chi connectivity index (χ0v) is 7.03. The minimum Gasteiger partial charge on any atom is -0.323 e. The number of hydrogen-bond donors (Lipinski definition) is 2. The molecule has 1 atom stereocenters. The van der Waals surface area contributed by atoms with E-state index < -0.39 is 0 Å². The molecule has 0 aliphatic carbocycles. The van der Waals surface area contributed by atoms with Gasteiger partial charge in [-0.25, -0.2) is 4.79 Å². The molecule has 3 nitrogen and oxygen atoms in total. The first-order valence-corrected chi connectivity index (χ1v) is 3.73. The average Bonchev–Trinajstić information content (AvgIpc) is 2.06. The predicted octanol–water partition coefficient (Wildman–Crippen LogP) is 1.60. The highest BCUT2D eigenvalue weighted by Crippen LogP contribution is 2.03. The number of nitrogens with one attached hydrogen (secondary N) is 2. The molecule has 4 heteroatoms. The van der Waals surface area contributed by atoms with E-state index in [1.165, 1.54) is 0 Å². The molecule has 0 spiro atoms. The molecule has 2 N–H and O–H groups in total. The highest BCUT2D eigenvalue weighted by atomic mass is 31.0. The monoisotopic (exact) mass is 168 g/mol. The number of carbonyl (C=O) groups excluding carboxylic acids is 1. The second-order valence-corrected chi connectivity index (χ2v) is 2.25. The van der Waals surface area contributed by atoms with Crippen LogP contribution in [0.4, 0.5) is 10.5 Å². The molecule has 0 fully saturated rings. The maximum Gasteiger partial charge on any atom is 0.322 e. The molecular formula is C7H9N2OP. The Kier molecular flexibility index (Phi) is 2.87. The van der Waals surface area contributed by atoms with Gasteiger partial charge < -0.3 is 10.4 Å². The van der Waals surface area contributed by atoms with Gasteiger partial charge in [-0.15, -0.1) is 0 Å². The summed E-state index contributed by atoms with van der Waals surface area (Å²) in [5.74, 6) is 0. The second-order valence-electron chi connectivity index (χ2n) is 1.96. The molecule has 0 aromatic heterocycles. The third-order valence-corrected chi connectivity index (χ3v) is 1.42. The lowest BCUT2D eigenvalue weighted by molar-refractivity contribution is 0.257. The molecule has 1 aromatic carbocycles. The molecule has 1 rings (SSSR count). The van der Waals surface area contributed by atoms with Crippen molar-refractivity contribution >= 4 is 21.1 Å². The maximum absolute atomic E-state index is 10.7. The molecule has 2 amide bonds. The first-order chi connectivity index (χ1) is 5.33. The summed E-state index contributed by atoms with van der Waals surface area (Å²) in [7, 11) is 2.13. The fourth-order valence-corrected chi connectivity index (χ4v) is 0.761. The third-order valence-electron chi connectivity index (χ3n) is 1.16. The first-order valence-electron chi connectivity index (χ1n) is 3.15. The van der Waals surface area contributed by atoms with Crippen molar-refractivity contribution in [1.29, 1.82) is 0 Å². The van der Waals surface area contributed by atoms with Crippen molar-refractivity contribution in [2.75, 3.05) is 5.32 Å². The molecular weight excluding hydrogens is 159 g/mol. The summed E-state index contributed by atoms with van der Waals surface area (Å²) in [5.41, 5.74) is 0.785. The van der Waals surface area contributed by atoms with Gasteiger partial charge in [0.25, 0.3) is 0 Å². The van der Waals surface area contributed by atoms with E-state index in [1.807, 2.05) is 30.3 Å². The van der Waals surface area contributed by atoms with Crippen LogP contribution in [0.25, 0.3) is 0 Å². The van der Waals surface area contributed by atoms with Crippen molar-refractivity contribution < 1.29 is 4.79 Å². The van der Waals surface area contributed by atoms with Gasteiger partial charge in [0.1, 0.15) is 0 Å². The van der Waals surface area contributed by atoms with E-state index >= 15 is 0 Å². The van der Waals surface area contributed by atoms with Crippen LogP contribution in [0.2, 0.25) is 0 Å². The van der Waals surface area contributed by atoms with E-state index in [1.54, 1.807) is 0 Å². The fourth-order valence-electron chi connectivity index (χ4n) is 0.689. The number of carbonyl (C=O) groups is 1. The zero-order chi connectivity index (χ0) is 8.10. The molecule has 0 heterocycles. The third kappa shape index (κ3) is 2.56. The van der Waals surface area contributed by atoms with Crippen molar-refractivity contribution in [2.24, 2.45) is 0 Å². The van der Waals surface area contributed by atoms with E-state index in [2.05, 4.69) is 19.8 Å². The Labute approximate surface area is 67.4 Å². The molecule has 0 saturated carbocycles. The zero-order valence-electron chi connectivity index (χ0n) is 5.87. The van der Waals surface area contributed by atoms with Crippen molar-refractivity contribution in [3.63, 3.8) is 0 Å². The number of para-hydroxylation sites is 1. The topological polar surface area (TPSA) is 41.1 Å². The quantitative estimate of drug-likeness (QED) is 0.614. The standard InChI is InChI=1S/C7H9N2OP/c10-7(9-11)8-6-4-2-1-3-5-6/h1-5H,11H2,(H2,8,9,10). The van der Waals surface area contributed by atoms with Crippen LogP contribution in [0.3, 0.4) is 0 Å². The highest BCUT2D eigenvalue weighted by Gasteiger charge is 1.94. The lowest BCUT2D eigenvalue weighted by atomic mass is 10.3. The SMILES string of the molecule is O=C(NP)Nc1ccccc1. The molecule has 58 valence electrons. The first kappa shape index (κ1) is 8.02. The molecule has 0 saturated heterocycles. The van der Waals surface area contributed by atoms with Crippen molar-refractivity contribution in [1.82, 2.24) is 5.09 Å². The Bertz CT molecular complexity index is 237. The van der Waals surface area contributed by atoms with Gasteiger partial charge in [-0.1, -0.05) is 18.2 Å². The summed E-state index contributed by atoms with van der Waals surface area (Å²) in [6.45, 7) is 0. The van der Waals surface area contributed by atoms with Gasteiger partial charge in [0.15, 0.2) is 0 Å². The summed E-state index contributed by atoms with van der Waals surface area (Å²) in [6.07, 6.45) is 0. The van der Waals surface area contributed by atoms with Crippen LogP contribution in [-0.2, 0) is 0 Å². The number of urea groups is 1. The predicted molar refractivity (Wildman–Crippen MR) is 48.3 cm³/mol. The number of rotatable bonds is 1. The Morgan fingerprint density at radius 3 is 2.45 bits per heavy atom. The minimum atomic E-state index is -0.235. The van der Waals surface area contributed by atoms with Gasteiger partial charge in [0.05, 0.1) is 0 Å². The summed E-state index contributed by atoms with van der Waals surface area (Å²) < 4.78 is 0. The Hall–Kier alpha value is -1.08. The van der Waals surface area contributed by atoms with Crippen molar-refractivity contribution in [3.8, 4) is 0 Å². The molecule has 1 unspecified atom stereocenters. The van der Waals surface area contributed by atoms with Crippen LogP contribution in [0.5, 0.6) is 0 Å². The van der Waals surface area contributed by atoms with Gasteiger partial charge in [-0.3, -0.25) is 0 Å². The van der Waals surface area contributed by atoms with Crippen molar-refractivity contribution in [2.45, 2.75) is 0 Å². The number of hydrogen-bond acceptors (Lipinski definition) is 1. The normalized spacial score (nSPS) is 8.82. The van der Waals surface area contributed by atoms with Crippen LogP contribution < -0.4 is 10.4 Å². The van der Waals surface area contributed by atoms with E-state index in [0.717, 1.165) is 5.69 Å². The summed E-state index contributed by atoms with van der Waals surface area (Å²) in [4.78, 5) is 10.7. The number of amides is 2. The summed E-state index contributed by atoms with van der Waals surface area (Å²) in [6, 6.07) is 9.02. The van der Waals surface area contributed by atoms with E-state index in [-0.39, 0.29) is 6.03 Å². The van der Waals surface area contributed by atoms with Crippen LogP contribution in [0.1, 0.15) is 0 Å². The van der Waals surface area contributed by atoms with Gasteiger partial charge in [0.2, 0.25) is 0 Å². The van der Waals surface area contributed by atoms with Crippen LogP contribution in [0, 0.1) is 0 Å². The number of anilines is 1. The number of benzene rings is 1. The van der Waals surface area contributed by atoms with E-state index in [4.69, 9.17) is 0 Å². The van der Waals surface area contributed by atoms with Crippen molar-refractivity contribution in [3.05, 3.63) is 30.3 Å². The fraction of sp³-hybridized carbons (Fsp3) is 0. The van der Waals surface area contributed by atoms with Crippen LogP contribution in [-0.4, -0.2) is 6.03 Å². The molecule has 0 bridgehead atoms. The second kappa shape index (κ2) is 3.94. The van der Waals surface area contributed by atoms with Crippen LogP contribution >= 0.6 is 9.39 Å². The summed E-state index contributed by atoms with van der Waals surface area (Å²) >= 11 is 0. The van der Waals surface area contributed by atoms with Gasteiger partial charge in [0, 0.05) is 5.69 Å². The lowest BCUT2D eigenvalue weighted by Crippen LogP contribution is -2.19. The largest absolute Gasteiger partial charge is 0.323 e. The Balaban J connectivity index is 2.58. The molecule has 0 radical (unpaired) electrons. The Morgan fingerprint density at radius 1 is 1.27 bits per heavy atom. The smallest absolute Gasteiger partial charge is 0.322 e. The highest BCUT2D eigenvalue weighted by molar-refractivity contribution is 7.15. The summed E-state index contributed by atoms with van der Waals surface area (Å²) in [5, 5.41) is 5.00. The minimum absolute atomic E-state index is 0.235. The molecule has 11 heavy (non-hydrogen) atoms. The van der Waals surface area contributed by atoms with Gasteiger partial charge in [-0.05, 0) is 21.5 Å².